The van der Waals surface area contributed by atoms with Crippen LogP contribution in [0.25, 0.3) is 5.70 Å². The number of hydrogen-bond donors (Lipinski definition) is 3. The number of nitrogens with one attached hydrogen (secondary N) is 3. The van der Waals surface area contributed by atoms with Gasteiger partial charge in [-0.3, -0.25) is 40.6 Å². The van der Waals surface area contributed by atoms with Crippen LogP contribution < -0.4 is 15.6 Å². The van der Waals surface area contributed by atoms with Gasteiger partial charge in [0.2, 0.25) is 0 Å². The first kappa shape index (κ1) is 23.9. The molecular formula is C21H17N5O7S. The van der Waals surface area contributed by atoms with Crippen molar-refractivity contribution in [3.05, 3.63) is 111 Å². The highest BCUT2D eigenvalue weighted by Crippen LogP contribution is 2.25. The zero-order chi connectivity index (χ0) is 24.9. The number of non-ortho nitro benzene ring substituents is 1. The molecule has 0 aliphatic rings. The van der Waals surface area contributed by atoms with Crippen molar-refractivity contribution in [1.82, 2.24) is 10.9 Å². The van der Waals surface area contributed by atoms with E-state index < -0.39 is 36.4 Å². The number of hydrogen-bond acceptors (Lipinski definition) is 8. The second kappa shape index (κ2) is 9.79. The Labute approximate surface area is 193 Å². The number of carbonyl (C=O) groups excluding carboxylic acids is 1. The molecule has 0 bridgehead atoms. The van der Waals surface area contributed by atoms with Gasteiger partial charge in [0.25, 0.3) is 27.3 Å². The first-order chi connectivity index (χ1) is 16.1. The van der Waals surface area contributed by atoms with Gasteiger partial charge in [-0.05, 0) is 29.8 Å². The van der Waals surface area contributed by atoms with E-state index in [0.29, 0.717) is 5.56 Å². The van der Waals surface area contributed by atoms with Crippen LogP contribution in [0.15, 0.2) is 84.3 Å². The maximum absolute atomic E-state index is 12.6. The molecule has 0 unspecified atom stereocenters. The van der Waals surface area contributed by atoms with Crippen molar-refractivity contribution >= 4 is 38.7 Å². The monoisotopic (exact) mass is 483 g/mol. The number of amides is 1. The lowest BCUT2D eigenvalue weighted by atomic mass is 10.1. The molecule has 12 nitrogen and oxygen atoms in total. The van der Waals surface area contributed by atoms with E-state index in [4.69, 9.17) is 0 Å². The lowest BCUT2D eigenvalue weighted by molar-refractivity contribution is -0.387. The molecular weight excluding hydrogens is 466 g/mol. The third-order valence-corrected chi connectivity index (χ3v) is 5.91. The topological polar surface area (TPSA) is 174 Å². The van der Waals surface area contributed by atoms with Crippen LogP contribution >= 0.6 is 0 Å². The molecule has 0 saturated heterocycles. The first-order valence-corrected chi connectivity index (χ1v) is 10.9. The summed E-state index contributed by atoms with van der Waals surface area (Å²) in [6.45, 7) is 3.77. The van der Waals surface area contributed by atoms with Crippen molar-refractivity contribution in [3.63, 3.8) is 0 Å². The van der Waals surface area contributed by atoms with Crippen LogP contribution in [0, 0.1) is 20.2 Å². The van der Waals surface area contributed by atoms with E-state index in [2.05, 4.69) is 22.2 Å². The summed E-state index contributed by atoms with van der Waals surface area (Å²) in [7, 11) is -4.22. The molecule has 0 spiro atoms. The predicted molar refractivity (Wildman–Crippen MR) is 123 cm³/mol. The summed E-state index contributed by atoms with van der Waals surface area (Å²) in [5.74, 6) is -0.626. The van der Waals surface area contributed by atoms with Crippen LogP contribution in [-0.2, 0) is 10.0 Å². The van der Waals surface area contributed by atoms with Crippen LogP contribution in [0.1, 0.15) is 15.9 Å². The summed E-state index contributed by atoms with van der Waals surface area (Å²) >= 11 is 0. The van der Waals surface area contributed by atoms with Gasteiger partial charge < -0.3 is 0 Å². The Morgan fingerprint density at radius 1 is 0.824 bits per heavy atom. The standard InChI is InChI=1S/C21H17N5O7S/c1-14(22-23-21(27)16-5-4-6-18(13-16)25(28)29)15-9-11-17(12-10-15)24-34(32,33)20-8-3-2-7-19(20)26(30)31/h2-13,22,24H,1H2,(H,23,27). The molecule has 34 heavy (non-hydrogen) atoms. The lowest BCUT2D eigenvalue weighted by Gasteiger charge is -2.13. The number of benzene rings is 3. The van der Waals surface area contributed by atoms with Gasteiger partial charge in [-0.1, -0.05) is 36.9 Å². The molecule has 3 rings (SSSR count). The number of nitrogens with zero attached hydrogens (tertiary/aromatic N) is 2. The van der Waals surface area contributed by atoms with Gasteiger partial charge in [-0.25, -0.2) is 8.42 Å². The number of hydrazine groups is 1. The molecule has 0 aliphatic heterocycles. The highest BCUT2D eigenvalue weighted by molar-refractivity contribution is 7.92. The Bertz CT molecular complexity index is 1390. The van der Waals surface area contributed by atoms with Gasteiger partial charge in [0.05, 0.1) is 15.5 Å². The van der Waals surface area contributed by atoms with Crippen LogP contribution in [0.2, 0.25) is 0 Å². The summed E-state index contributed by atoms with van der Waals surface area (Å²) in [5.41, 5.74) is 5.13. The van der Waals surface area contributed by atoms with Gasteiger partial charge in [-0.2, -0.15) is 0 Å². The minimum Gasteiger partial charge on any atom is -0.298 e. The molecule has 3 aromatic rings. The quantitative estimate of drug-likeness (QED) is 0.307. The van der Waals surface area contributed by atoms with Crippen molar-refractivity contribution in [1.29, 1.82) is 0 Å². The Morgan fingerprint density at radius 3 is 2.15 bits per heavy atom. The van der Waals surface area contributed by atoms with E-state index in [1.54, 1.807) is 0 Å². The Kier molecular flexibility index (Phi) is 6.87. The molecule has 174 valence electrons. The average Bonchev–Trinajstić information content (AvgIpc) is 2.82. The molecule has 3 aromatic carbocycles. The van der Waals surface area contributed by atoms with Crippen LogP contribution in [0.4, 0.5) is 17.1 Å². The molecule has 0 saturated carbocycles. The van der Waals surface area contributed by atoms with Crippen LogP contribution in [-0.4, -0.2) is 24.2 Å². The summed E-state index contributed by atoms with van der Waals surface area (Å²) in [6, 6.07) is 16.0. The number of sulfonamides is 1. The van der Waals surface area contributed by atoms with Gasteiger partial charge in [-0.15, -0.1) is 0 Å². The van der Waals surface area contributed by atoms with E-state index >= 15 is 0 Å². The first-order valence-electron chi connectivity index (χ1n) is 9.45. The second-order valence-corrected chi connectivity index (χ2v) is 8.42. The van der Waals surface area contributed by atoms with E-state index in [9.17, 15) is 33.4 Å². The SMILES string of the molecule is C=C(NNC(=O)c1cccc([N+](=O)[O-])c1)c1ccc(NS(=O)(=O)c2ccccc2[N+](=O)[O-])cc1. The van der Waals surface area contributed by atoms with Gasteiger partial charge in [0.15, 0.2) is 4.90 Å². The van der Waals surface area contributed by atoms with Gasteiger partial charge in [0.1, 0.15) is 0 Å². The van der Waals surface area contributed by atoms with E-state index in [1.807, 2.05) is 0 Å². The highest BCUT2D eigenvalue weighted by Gasteiger charge is 2.25. The minimum atomic E-state index is -4.22. The molecule has 0 heterocycles. The minimum absolute atomic E-state index is 0.0641. The molecule has 0 aromatic heterocycles. The summed E-state index contributed by atoms with van der Waals surface area (Å²) in [6.07, 6.45) is 0. The van der Waals surface area contributed by atoms with Crippen molar-refractivity contribution in [2.75, 3.05) is 4.72 Å². The summed E-state index contributed by atoms with van der Waals surface area (Å²) in [4.78, 5) is 32.3. The maximum Gasteiger partial charge on any atom is 0.289 e. The average molecular weight is 483 g/mol. The maximum atomic E-state index is 12.6. The van der Waals surface area contributed by atoms with E-state index in [-0.39, 0.29) is 22.6 Å². The normalized spacial score (nSPS) is 10.7. The lowest BCUT2D eigenvalue weighted by Crippen LogP contribution is -2.35. The van der Waals surface area contributed by atoms with Gasteiger partial charge >= 0.3 is 0 Å². The number of anilines is 1. The molecule has 0 fully saturated rings. The third kappa shape index (κ3) is 5.52. The number of carbonyl (C=O) groups is 1. The predicted octanol–water partition coefficient (Wildman–Crippen LogP) is 3.21. The summed E-state index contributed by atoms with van der Waals surface area (Å²) < 4.78 is 27.5. The van der Waals surface area contributed by atoms with Crippen molar-refractivity contribution in [2.24, 2.45) is 0 Å². The fourth-order valence-corrected chi connectivity index (χ4v) is 4.05. The second-order valence-electron chi connectivity index (χ2n) is 6.77. The van der Waals surface area contributed by atoms with E-state index in [0.717, 1.165) is 18.2 Å². The van der Waals surface area contributed by atoms with Crippen molar-refractivity contribution < 1.29 is 23.1 Å². The van der Waals surface area contributed by atoms with Crippen molar-refractivity contribution in [2.45, 2.75) is 4.90 Å². The molecule has 1 amide bonds. The number of para-hydroxylation sites is 1. The Hall–Kier alpha value is -4.78. The number of rotatable bonds is 9. The van der Waals surface area contributed by atoms with Crippen LogP contribution in [0.5, 0.6) is 0 Å². The Balaban J connectivity index is 1.66. The zero-order valence-corrected chi connectivity index (χ0v) is 18.1. The van der Waals surface area contributed by atoms with Crippen molar-refractivity contribution in [3.8, 4) is 0 Å². The zero-order valence-electron chi connectivity index (χ0n) is 17.3. The smallest absolute Gasteiger partial charge is 0.289 e. The highest BCUT2D eigenvalue weighted by atomic mass is 32.2. The fourth-order valence-electron chi connectivity index (χ4n) is 2.82. The Morgan fingerprint density at radius 2 is 1.50 bits per heavy atom. The summed E-state index contributed by atoms with van der Waals surface area (Å²) in [5, 5.41) is 22.0. The van der Waals surface area contributed by atoms with Gasteiger partial charge in [0, 0.05) is 29.4 Å². The number of nitro benzene ring substituents is 2. The molecule has 0 radical (unpaired) electrons. The fraction of sp³-hybridized carbons (Fsp3) is 0. The molecule has 3 N–H and O–H groups in total. The third-order valence-electron chi connectivity index (χ3n) is 4.48. The van der Waals surface area contributed by atoms with Crippen LogP contribution in [0.3, 0.4) is 0 Å². The molecule has 13 heteroatoms. The number of nitro groups is 2. The van der Waals surface area contributed by atoms with E-state index in [1.165, 1.54) is 54.6 Å². The molecule has 0 atom stereocenters. The molecule has 0 aliphatic carbocycles. The largest absolute Gasteiger partial charge is 0.298 e.